The van der Waals surface area contributed by atoms with Crippen LogP contribution in [0.4, 0.5) is 4.39 Å². The number of likely N-dealkylation sites (tertiary alicyclic amines) is 1. The van der Waals surface area contributed by atoms with Gasteiger partial charge in [0.05, 0.1) is 24.8 Å². The van der Waals surface area contributed by atoms with Gasteiger partial charge in [-0.15, -0.1) is 0 Å². The molecule has 1 unspecified atom stereocenters. The highest BCUT2D eigenvalue weighted by Crippen LogP contribution is 2.42. The molecule has 1 aromatic heterocycles. The van der Waals surface area contributed by atoms with Crippen molar-refractivity contribution in [2.75, 3.05) is 13.2 Å². The highest BCUT2D eigenvalue weighted by molar-refractivity contribution is 6.46. The molecule has 1 fully saturated rings. The van der Waals surface area contributed by atoms with Gasteiger partial charge in [-0.25, -0.2) is 4.39 Å². The van der Waals surface area contributed by atoms with Crippen molar-refractivity contribution in [2.24, 2.45) is 0 Å². The van der Waals surface area contributed by atoms with Gasteiger partial charge in [-0.3, -0.25) is 14.6 Å². The van der Waals surface area contributed by atoms with Crippen LogP contribution in [0.15, 0.2) is 72.6 Å². The molecule has 0 radical (unpaired) electrons. The quantitative estimate of drug-likeness (QED) is 0.149. The van der Waals surface area contributed by atoms with Gasteiger partial charge in [0.2, 0.25) is 0 Å². The second-order valence-corrected chi connectivity index (χ2v) is 8.98. The van der Waals surface area contributed by atoms with Crippen LogP contribution in [0.3, 0.4) is 0 Å². The minimum Gasteiger partial charge on any atom is -0.507 e. The Morgan fingerprint density at radius 2 is 1.71 bits per heavy atom. The average molecular weight is 519 g/mol. The molecule has 38 heavy (non-hydrogen) atoms. The molecule has 2 aromatic carbocycles. The van der Waals surface area contributed by atoms with E-state index in [1.165, 1.54) is 29.2 Å². The summed E-state index contributed by atoms with van der Waals surface area (Å²) in [6.07, 6.45) is 6.25. The number of ether oxygens (including phenoxy) is 2. The summed E-state index contributed by atoms with van der Waals surface area (Å²) in [4.78, 5) is 32.0. The third-order valence-electron chi connectivity index (χ3n) is 6.35. The molecular weight excluding hydrogens is 487 g/mol. The van der Waals surface area contributed by atoms with Crippen LogP contribution in [-0.4, -0.2) is 39.9 Å². The number of unbranched alkanes of at least 4 members (excludes halogenated alkanes) is 2. The van der Waals surface area contributed by atoms with E-state index in [4.69, 9.17) is 9.47 Å². The molecule has 1 aliphatic heterocycles. The monoisotopic (exact) mass is 518 g/mol. The first kappa shape index (κ1) is 26.9. The third-order valence-corrected chi connectivity index (χ3v) is 6.35. The first-order valence-corrected chi connectivity index (χ1v) is 12.8. The zero-order valence-corrected chi connectivity index (χ0v) is 21.5. The number of aliphatic hydroxyl groups is 1. The molecule has 2 heterocycles. The number of hydrogen-bond acceptors (Lipinski definition) is 6. The van der Waals surface area contributed by atoms with Crippen LogP contribution in [0, 0.1) is 5.82 Å². The molecule has 7 nitrogen and oxygen atoms in total. The van der Waals surface area contributed by atoms with Gasteiger partial charge in [0, 0.05) is 24.5 Å². The number of aliphatic hydroxyl groups excluding tert-OH is 1. The van der Waals surface area contributed by atoms with E-state index in [9.17, 15) is 19.1 Å². The molecule has 1 N–H and O–H groups in total. The number of pyridine rings is 1. The zero-order chi connectivity index (χ0) is 27.1. The fourth-order valence-electron chi connectivity index (χ4n) is 4.45. The maximum Gasteiger partial charge on any atom is 0.295 e. The summed E-state index contributed by atoms with van der Waals surface area (Å²) in [6.45, 7) is 5.03. The van der Waals surface area contributed by atoms with Crippen molar-refractivity contribution in [3.8, 4) is 11.5 Å². The molecule has 1 aliphatic rings. The third kappa shape index (κ3) is 5.85. The fourth-order valence-corrected chi connectivity index (χ4v) is 4.45. The van der Waals surface area contributed by atoms with E-state index in [1.807, 2.05) is 6.92 Å². The predicted molar refractivity (Wildman–Crippen MR) is 141 cm³/mol. The molecule has 4 rings (SSSR count). The highest BCUT2D eigenvalue weighted by atomic mass is 19.1. The summed E-state index contributed by atoms with van der Waals surface area (Å²) < 4.78 is 25.3. The van der Waals surface area contributed by atoms with E-state index in [-0.39, 0.29) is 23.4 Å². The molecule has 0 aliphatic carbocycles. The van der Waals surface area contributed by atoms with E-state index >= 15 is 0 Å². The Kier molecular flexibility index (Phi) is 8.73. The SMILES string of the molecule is CCCCCOc1ccc(C2/C(=C(\O)c3ccc(F)cc3)C(=O)C(=O)N2Cc2ccncc2)cc1OCC. The number of carbonyl (C=O) groups is 2. The minimum atomic E-state index is -0.901. The second kappa shape index (κ2) is 12.4. The number of nitrogens with zero attached hydrogens (tertiary/aromatic N) is 2. The normalized spacial score (nSPS) is 16.6. The Bertz CT molecular complexity index is 1310. The highest BCUT2D eigenvalue weighted by Gasteiger charge is 2.46. The number of hydrogen-bond donors (Lipinski definition) is 1. The molecule has 0 bridgehead atoms. The molecular formula is C30H31FN2O5. The van der Waals surface area contributed by atoms with Gasteiger partial charge in [0.15, 0.2) is 11.5 Å². The van der Waals surface area contributed by atoms with Gasteiger partial charge >= 0.3 is 0 Å². The van der Waals surface area contributed by atoms with Crippen molar-refractivity contribution >= 4 is 17.4 Å². The predicted octanol–water partition coefficient (Wildman–Crippen LogP) is 5.81. The summed E-state index contributed by atoms with van der Waals surface area (Å²) in [5.41, 5.74) is 1.51. The average Bonchev–Trinajstić information content (AvgIpc) is 3.17. The maximum absolute atomic E-state index is 13.5. The molecule has 1 amide bonds. The molecule has 1 saturated heterocycles. The Balaban J connectivity index is 1.80. The fraction of sp³-hybridized carbons (Fsp3) is 0.300. The first-order chi connectivity index (χ1) is 18.4. The van der Waals surface area contributed by atoms with Crippen LogP contribution in [0.5, 0.6) is 11.5 Å². The van der Waals surface area contributed by atoms with Gasteiger partial charge < -0.3 is 19.5 Å². The Morgan fingerprint density at radius 3 is 2.39 bits per heavy atom. The molecule has 0 saturated carbocycles. The summed E-state index contributed by atoms with van der Waals surface area (Å²) in [5.74, 6) is -1.36. The Labute approximate surface area is 221 Å². The van der Waals surface area contributed by atoms with Gasteiger partial charge in [-0.05, 0) is 73.0 Å². The van der Waals surface area contributed by atoms with Crippen LogP contribution in [0.2, 0.25) is 0 Å². The second-order valence-electron chi connectivity index (χ2n) is 8.98. The van der Waals surface area contributed by atoms with E-state index in [0.29, 0.717) is 30.3 Å². The van der Waals surface area contributed by atoms with Crippen LogP contribution < -0.4 is 9.47 Å². The van der Waals surface area contributed by atoms with Gasteiger partial charge in [-0.2, -0.15) is 0 Å². The van der Waals surface area contributed by atoms with Crippen LogP contribution in [0.1, 0.15) is 55.8 Å². The number of halogens is 1. The smallest absolute Gasteiger partial charge is 0.295 e. The number of aromatic nitrogens is 1. The number of benzene rings is 2. The van der Waals surface area contributed by atoms with Crippen LogP contribution in [0.25, 0.3) is 5.76 Å². The number of ketones is 1. The molecule has 0 spiro atoms. The van der Waals surface area contributed by atoms with Gasteiger partial charge in [-0.1, -0.05) is 25.8 Å². The maximum atomic E-state index is 13.5. The molecule has 8 heteroatoms. The van der Waals surface area contributed by atoms with E-state index in [1.54, 1.807) is 42.7 Å². The van der Waals surface area contributed by atoms with E-state index < -0.39 is 23.5 Å². The summed E-state index contributed by atoms with van der Waals surface area (Å²) in [6, 6.07) is 13.0. The molecule has 3 aromatic rings. The lowest BCUT2D eigenvalue weighted by Gasteiger charge is -2.26. The molecule has 198 valence electrons. The van der Waals surface area contributed by atoms with Crippen LogP contribution in [-0.2, 0) is 16.1 Å². The summed E-state index contributed by atoms with van der Waals surface area (Å²) in [7, 11) is 0. The van der Waals surface area contributed by atoms with E-state index in [0.717, 1.165) is 24.8 Å². The number of Topliss-reactive ketones (excluding diaryl/α,β-unsaturated/α-hetero) is 1. The largest absolute Gasteiger partial charge is 0.507 e. The zero-order valence-electron chi connectivity index (χ0n) is 21.5. The lowest BCUT2D eigenvalue weighted by molar-refractivity contribution is -0.140. The van der Waals surface area contributed by atoms with Crippen LogP contribution >= 0.6 is 0 Å². The summed E-state index contributed by atoms with van der Waals surface area (Å²) >= 11 is 0. The topological polar surface area (TPSA) is 89.0 Å². The Hall–Kier alpha value is -4.20. The standard InChI is InChI=1S/C30H31FN2O5/c1-3-5-6-17-38-24-12-9-22(18-25(24)37-4-2)27-26(28(34)21-7-10-23(31)11-8-21)29(35)30(36)33(27)19-20-13-15-32-16-14-20/h7-16,18,27,34H,3-6,17,19H2,1-2H3/b28-26+. The lowest BCUT2D eigenvalue weighted by Crippen LogP contribution is -2.29. The number of carbonyl (C=O) groups excluding carboxylic acids is 2. The first-order valence-electron chi connectivity index (χ1n) is 12.8. The molecule has 1 atom stereocenters. The lowest BCUT2D eigenvalue weighted by atomic mass is 9.94. The van der Waals surface area contributed by atoms with Crippen molar-refractivity contribution in [2.45, 2.75) is 45.7 Å². The van der Waals surface area contributed by atoms with Gasteiger partial charge in [0.25, 0.3) is 11.7 Å². The Morgan fingerprint density at radius 1 is 0.974 bits per heavy atom. The van der Waals surface area contributed by atoms with Crippen molar-refractivity contribution in [1.82, 2.24) is 9.88 Å². The minimum absolute atomic E-state index is 0.0743. The van der Waals surface area contributed by atoms with Crippen molar-refractivity contribution in [3.63, 3.8) is 0 Å². The van der Waals surface area contributed by atoms with E-state index in [2.05, 4.69) is 11.9 Å². The number of amides is 1. The van der Waals surface area contributed by atoms with Crippen molar-refractivity contribution < 1.29 is 28.6 Å². The van der Waals surface area contributed by atoms with Crippen molar-refractivity contribution in [3.05, 3.63) is 95.1 Å². The van der Waals surface area contributed by atoms with Gasteiger partial charge in [0.1, 0.15) is 11.6 Å². The summed E-state index contributed by atoms with van der Waals surface area (Å²) in [5, 5.41) is 11.2. The van der Waals surface area contributed by atoms with Crippen molar-refractivity contribution in [1.29, 1.82) is 0 Å². The number of rotatable bonds is 11.